The summed E-state index contributed by atoms with van der Waals surface area (Å²) < 4.78 is 14.6. The molecule has 2 N–H and O–H groups in total. The third-order valence-electron chi connectivity index (χ3n) is 3.14. The minimum Gasteiger partial charge on any atom is -0.330 e. The zero-order chi connectivity index (χ0) is 13.8. The summed E-state index contributed by atoms with van der Waals surface area (Å²) in [5, 5.41) is 0.126. The summed E-state index contributed by atoms with van der Waals surface area (Å²) in [5.41, 5.74) is 7.51. The molecule has 0 radical (unpaired) electrons. The van der Waals surface area contributed by atoms with E-state index in [4.69, 9.17) is 17.3 Å². The fraction of sp³-hybridized carbons (Fsp3) is 0.200. The summed E-state index contributed by atoms with van der Waals surface area (Å²) in [6, 6.07) is 13.4. The van der Waals surface area contributed by atoms with Crippen molar-refractivity contribution in [2.45, 2.75) is 12.3 Å². The smallest absolute Gasteiger partial charge is 0.146 e. The van der Waals surface area contributed by atoms with Crippen molar-refractivity contribution >= 4 is 27.5 Å². The van der Waals surface area contributed by atoms with Crippen LogP contribution in [-0.2, 0) is 6.42 Å². The molecule has 0 bridgehead atoms. The Hall–Kier alpha value is -0.900. The summed E-state index contributed by atoms with van der Waals surface area (Å²) in [6.07, 6.45) is 0.541. The lowest BCUT2D eigenvalue weighted by molar-refractivity contribution is 0.590. The maximum absolute atomic E-state index is 14.1. The SMILES string of the molecule is NCC(Cc1ccc(Br)c(Cl)c1F)c1ccccc1. The number of halogens is 3. The molecule has 0 amide bonds. The summed E-state index contributed by atoms with van der Waals surface area (Å²) in [4.78, 5) is 0. The average Bonchev–Trinajstić information content (AvgIpc) is 2.45. The zero-order valence-electron chi connectivity index (χ0n) is 10.2. The van der Waals surface area contributed by atoms with Crippen LogP contribution in [0.1, 0.15) is 17.0 Å². The van der Waals surface area contributed by atoms with Gasteiger partial charge in [-0.1, -0.05) is 48.0 Å². The van der Waals surface area contributed by atoms with Crippen LogP contribution in [0.4, 0.5) is 4.39 Å². The molecule has 100 valence electrons. The second-order valence-electron chi connectivity index (χ2n) is 4.38. The van der Waals surface area contributed by atoms with Gasteiger partial charge in [0.15, 0.2) is 0 Å². The Balaban J connectivity index is 2.27. The van der Waals surface area contributed by atoms with Crippen molar-refractivity contribution in [1.82, 2.24) is 0 Å². The number of hydrogen-bond donors (Lipinski definition) is 1. The van der Waals surface area contributed by atoms with Gasteiger partial charge in [0.1, 0.15) is 5.82 Å². The van der Waals surface area contributed by atoms with E-state index in [2.05, 4.69) is 15.9 Å². The molecule has 2 rings (SSSR count). The molecule has 0 fully saturated rings. The van der Waals surface area contributed by atoms with E-state index in [1.807, 2.05) is 30.3 Å². The zero-order valence-corrected chi connectivity index (χ0v) is 12.6. The number of rotatable bonds is 4. The van der Waals surface area contributed by atoms with Gasteiger partial charge in [-0.25, -0.2) is 4.39 Å². The van der Waals surface area contributed by atoms with Gasteiger partial charge < -0.3 is 5.73 Å². The van der Waals surface area contributed by atoms with E-state index in [1.165, 1.54) is 0 Å². The van der Waals surface area contributed by atoms with Crippen LogP contribution in [0.2, 0.25) is 5.02 Å². The van der Waals surface area contributed by atoms with Crippen LogP contribution in [0.5, 0.6) is 0 Å². The van der Waals surface area contributed by atoms with Gasteiger partial charge in [0.2, 0.25) is 0 Å². The van der Waals surface area contributed by atoms with E-state index >= 15 is 0 Å². The maximum Gasteiger partial charge on any atom is 0.146 e. The first kappa shape index (κ1) is 14.5. The van der Waals surface area contributed by atoms with Crippen LogP contribution >= 0.6 is 27.5 Å². The first-order valence-corrected chi connectivity index (χ1v) is 7.18. The van der Waals surface area contributed by atoms with Crippen LogP contribution in [0.15, 0.2) is 46.9 Å². The largest absolute Gasteiger partial charge is 0.330 e. The van der Waals surface area contributed by atoms with Crippen LogP contribution < -0.4 is 5.73 Å². The van der Waals surface area contributed by atoms with Gasteiger partial charge in [0, 0.05) is 10.4 Å². The van der Waals surface area contributed by atoms with E-state index in [9.17, 15) is 4.39 Å². The fourth-order valence-corrected chi connectivity index (χ4v) is 2.54. The lowest BCUT2D eigenvalue weighted by Gasteiger charge is -2.16. The van der Waals surface area contributed by atoms with Crippen LogP contribution in [0, 0.1) is 5.82 Å². The quantitative estimate of drug-likeness (QED) is 0.812. The molecule has 1 nitrogen and oxygen atoms in total. The number of hydrogen-bond acceptors (Lipinski definition) is 1. The Morgan fingerprint density at radius 2 is 1.84 bits per heavy atom. The summed E-state index contributed by atoms with van der Waals surface area (Å²) in [7, 11) is 0. The number of benzene rings is 2. The molecule has 0 heterocycles. The predicted molar refractivity (Wildman–Crippen MR) is 81.1 cm³/mol. The van der Waals surface area contributed by atoms with E-state index in [0.717, 1.165) is 5.56 Å². The molecule has 0 saturated carbocycles. The van der Waals surface area contributed by atoms with Crippen molar-refractivity contribution < 1.29 is 4.39 Å². The second-order valence-corrected chi connectivity index (χ2v) is 5.61. The van der Waals surface area contributed by atoms with Gasteiger partial charge >= 0.3 is 0 Å². The van der Waals surface area contributed by atoms with Crippen molar-refractivity contribution in [3.05, 3.63) is 68.9 Å². The van der Waals surface area contributed by atoms with Gasteiger partial charge in [-0.15, -0.1) is 0 Å². The third-order valence-corrected chi connectivity index (χ3v) is 4.40. The molecule has 0 aliphatic rings. The van der Waals surface area contributed by atoms with Gasteiger partial charge in [-0.3, -0.25) is 0 Å². The number of nitrogens with two attached hydrogens (primary N) is 1. The molecular weight excluding hydrogens is 329 g/mol. The molecule has 0 aliphatic carbocycles. The lowest BCUT2D eigenvalue weighted by atomic mass is 9.92. The standard InChI is InChI=1S/C15H14BrClFN/c16-13-7-6-11(15(18)14(13)17)8-12(9-19)10-4-2-1-3-5-10/h1-7,12H,8-9,19H2. The highest BCUT2D eigenvalue weighted by Gasteiger charge is 2.16. The van der Waals surface area contributed by atoms with Crippen molar-refractivity contribution in [2.24, 2.45) is 5.73 Å². The highest BCUT2D eigenvalue weighted by molar-refractivity contribution is 9.10. The highest BCUT2D eigenvalue weighted by atomic mass is 79.9. The van der Waals surface area contributed by atoms with Gasteiger partial charge in [0.05, 0.1) is 5.02 Å². The van der Waals surface area contributed by atoms with Crippen molar-refractivity contribution in [3.8, 4) is 0 Å². The average molecular weight is 343 g/mol. The van der Waals surface area contributed by atoms with E-state index < -0.39 is 0 Å². The normalized spacial score (nSPS) is 12.4. The molecule has 0 saturated heterocycles. The van der Waals surface area contributed by atoms with Crippen molar-refractivity contribution in [1.29, 1.82) is 0 Å². The fourth-order valence-electron chi connectivity index (χ4n) is 2.05. The van der Waals surface area contributed by atoms with E-state index in [1.54, 1.807) is 12.1 Å². The Bertz CT molecular complexity index is 560. The molecule has 1 atom stereocenters. The van der Waals surface area contributed by atoms with E-state index in [0.29, 0.717) is 23.0 Å². The molecule has 0 aliphatic heterocycles. The maximum atomic E-state index is 14.1. The Labute approximate surface area is 125 Å². The van der Waals surface area contributed by atoms with Crippen molar-refractivity contribution in [3.63, 3.8) is 0 Å². The highest BCUT2D eigenvalue weighted by Crippen LogP contribution is 2.30. The predicted octanol–water partition coefficient (Wildman–Crippen LogP) is 4.53. The molecule has 0 aromatic heterocycles. The van der Waals surface area contributed by atoms with Crippen LogP contribution in [-0.4, -0.2) is 6.54 Å². The Kier molecular flexibility index (Phi) is 4.97. The molecule has 1 unspecified atom stereocenters. The Morgan fingerprint density at radius 3 is 2.47 bits per heavy atom. The summed E-state index contributed by atoms with van der Waals surface area (Å²) >= 11 is 9.11. The topological polar surface area (TPSA) is 26.0 Å². The second kappa shape index (κ2) is 6.51. The monoisotopic (exact) mass is 341 g/mol. The Morgan fingerprint density at radius 1 is 1.16 bits per heavy atom. The third kappa shape index (κ3) is 3.35. The molecule has 0 spiro atoms. The molecule has 2 aromatic carbocycles. The van der Waals surface area contributed by atoms with Gasteiger partial charge in [0.25, 0.3) is 0 Å². The molecule has 4 heteroatoms. The molecule has 19 heavy (non-hydrogen) atoms. The summed E-state index contributed by atoms with van der Waals surface area (Å²) in [5.74, 6) is -0.279. The van der Waals surface area contributed by atoms with Gasteiger partial charge in [-0.05, 0) is 46.1 Å². The first-order valence-electron chi connectivity index (χ1n) is 6.01. The van der Waals surface area contributed by atoms with Gasteiger partial charge in [-0.2, -0.15) is 0 Å². The van der Waals surface area contributed by atoms with Crippen molar-refractivity contribution in [2.75, 3.05) is 6.54 Å². The molecule has 2 aromatic rings. The molecular formula is C15H14BrClFN. The van der Waals surface area contributed by atoms with Crippen LogP contribution in [0.25, 0.3) is 0 Å². The van der Waals surface area contributed by atoms with Crippen LogP contribution in [0.3, 0.4) is 0 Å². The van der Waals surface area contributed by atoms with E-state index in [-0.39, 0.29) is 16.8 Å². The summed E-state index contributed by atoms with van der Waals surface area (Å²) in [6.45, 7) is 0.469. The first-order chi connectivity index (χ1) is 9.13. The minimum atomic E-state index is -0.370. The lowest BCUT2D eigenvalue weighted by Crippen LogP contribution is -2.15. The minimum absolute atomic E-state index is 0.0907.